The Morgan fingerprint density at radius 1 is 1.09 bits per heavy atom. The topological polar surface area (TPSA) is 91.6 Å². The molecule has 1 aromatic carbocycles. The van der Waals surface area contributed by atoms with Crippen LogP contribution in [0.15, 0.2) is 55.0 Å². The number of amides is 1. The van der Waals surface area contributed by atoms with Gasteiger partial charge in [0.25, 0.3) is 5.91 Å². The minimum absolute atomic E-state index is 0.0575. The van der Waals surface area contributed by atoms with Gasteiger partial charge in [-0.15, -0.1) is 0 Å². The number of hydrogen-bond acceptors (Lipinski definition) is 5. The number of rotatable bonds is 4. The first-order chi connectivity index (χ1) is 15.7. The molecule has 4 aromatic rings. The van der Waals surface area contributed by atoms with Crippen molar-refractivity contribution in [1.82, 2.24) is 15.0 Å². The lowest BCUT2D eigenvalue weighted by atomic mass is 9.86. The Morgan fingerprint density at radius 2 is 1.88 bits per heavy atom. The number of aromatic nitrogens is 3. The van der Waals surface area contributed by atoms with Crippen molar-refractivity contribution >= 4 is 45.7 Å². The Balaban J connectivity index is 1.70. The molecule has 0 aliphatic rings. The lowest BCUT2D eigenvalue weighted by molar-refractivity contribution is 0.102. The van der Waals surface area contributed by atoms with E-state index in [9.17, 15) is 10.1 Å². The van der Waals surface area contributed by atoms with E-state index >= 15 is 4.39 Å². The molecule has 0 aliphatic heterocycles. The van der Waals surface area contributed by atoms with E-state index in [2.05, 4.69) is 26.3 Å². The van der Waals surface area contributed by atoms with Crippen LogP contribution in [0.5, 0.6) is 0 Å². The number of carbonyl (C=O) groups is 1. The fourth-order valence-electron chi connectivity index (χ4n) is 3.24. The number of hydrogen-bond donors (Lipinski definition) is 1. The van der Waals surface area contributed by atoms with E-state index in [1.54, 1.807) is 32.0 Å². The van der Waals surface area contributed by atoms with Gasteiger partial charge < -0.3 is 5.32 Å². The minimum Gasteiger partial charge on any atom is -0.318 e. The number of halogens is 3. The molecule has 9 heteroatoms. The molecule has 0 spiro atoms. The summed E-state index contributed by atoms with van der Waals surface area (Å²) in [6, 6.07) is 11.5. The summed E-state index contributed by atoms with van der Waals surface area (Å²) in [4.78, 5) is 25.2. The van der Waals surface area contributed by atoms with Gasteiger partial charge in [-0.05, 0) is 49.7 Å². The molecule has 0 atom stereocenters. The van der Waals surface area contributed by atoms with Gasteiger partial charge in [0.1, 0.15) is 10.8 Å². The predicted molar refractivity (Wildman–Crippen MR) is 126 cm³/mol. The maximum atomic E-state index is 15.5. The third-order valence-corrected chi connectivity index (χ3v) is 5.68. The molecular formula is C24H16Cl2FN5O. The van der Waals surface area contributed by atoms with Crippen LogP contribution >= 0.6 is 23.2 Å². The molecule has 0 saturated carbocycles. The summed E-state index contributed by atoms with van der Waals surface area (Å²) in [6.45, 7) is 3.46. The van der Waals surface area contributed by atoms with Gasteiger partial charge in [-0.1, -0.05) is 23.2 Å². The summed E-state index contributed by atoms with van der Waals surface area (Å²) in [5.41, 5.74) is 0.915. The van der Waals surface area contributed by atoms with E-state index in [0.29, 0.717) is 27.2 Å². The molecule has 1 amide bonds. The van der Waals surface area contributed by atoms with Gasteiger partial charge in [0.05, 0.1) is 27.7 Å². The number of benzene rings is 1. The SMILES string of the molecule is CC(C)(C#N)c1ccnc(C(=O)Nc2ccc(Cl)c(-c3cnc4cc(Cl)ncc4c3)c2F)c1. The summed E-state index contributed by atoms with van der Waals surface area (Å²) >= 11 is 12.2. The molecule has 3 heterocycles. The van der Waals surface area contributed by atoms with Crippen LogP contribution in [0.25, 0.3) is 22.0 Å². The van der Waals surface area contributed by atoms with Crippen LogP contribution in [-0.4, -0.2) is 20.9 Å². The number of anilines is 1. The van der Waals surface area contributed by atoms with Gasteiger partial charge in [-0.25, -0.2) is 9.37 Å². The second-order valence-corrected chi connectivity index (χ2v) is 8.62. The Labute approximate surface area is 199 Å². The maximum Gasteiger partial charge on any atom is 0.274 e. The molecule has 0 aliphatic carbocycles. The van der Waals surface area contributed by atoms with E-state index in [1.165, 1.54) is 36.8 Å². The Morgan fingerprint density at radius 3 is 2.64 bits per heavy atom. The summed E-state index contributed by atoms with van der Waals surface area (Å²) in [7, 11) is 0. The highest BCUT2D eigenvalue weighted by molar-refractivity contribution is 6.33. The fraction of sp³-hybridized carbons (Fsp3) is 0.125. The van der Waals surface area contributed by atoms with Crippen molar-refractivity contribution in [1.29, 1.82) is 5.26 Å². The van der Waals surface area contributed by atoms with E-state index in [0.717, 1.165) is 0 Å². The number of nitrogens with one attached hydrogen (secondary N) is 1. The molecule has 0 radical (unpaired) electrons. The standard InChI is InChI=1S/C24H16Cl2FN5O/c1-24(2,12-28)15-5-6-29-19(8-15)23(33)32-17-4-3-16(25)21(22(17)27)14-7-13-10-31-20(26)9-18(13)30-11-14/h3-11H,1-2H3,(H,32,33). The highest BCUT2D eigenvalue weighted by Gasteiger charge is 2.22. The van der Waals surface area contributed by atoms with Gasteiger partial charge in [-0.3, -0.25) is 14.8 Å². The second kappa shape index (κ2) is 8.74. The molecule has 0 saturated heterocycles. The zero-order valence-electron chi connectivity index (χ0n) is 17.5. The average Bonchev–Trinajstić information content (AvgIpc) is 2.81. The van der Waals surface area contributed by atoms with Gasteiger partial charge in [0.2, 0.25) is 0 Å². The number of fused-ring (bicyclic) bond motifs is 1. The van der Waals surface area contributed by atoms with Crippen molar-refractivity contribution in [2.45, 2.75) is 19.3 Å². The van der Waals surface area contributed by atoms with E-state index in [4.69, 9.17) is 23.2 Å². The highest BCUT2D eigenvalue weighted by atomic mass is 35.5. The quantitative estimate of drug-likeness (QED) is 0.352. The number of nitrogens with zero attached hydrogens (tertiary/aromatic N) is 4. The monoisotopic (exact) mass is 479 g/mol. The maximum absolute atomic E-state index is 15.5. The van der Waals surface area contributed by atoms with E-state index < -0.39 is 17.1 Å². The molecule has 4 rings (SSSR count). The molecule has 164 valence electrons. The van der Waals surface area contributed by atoms with Crippen LogP contribution in [0.1, 0.15) is 29.9 Å². The van der Waals surface area contributed by atoms with Gasteiger partial charge in [0, 0.05) is 41.2 Å². The van der Waals surface area contributed by atoms with Crippen LogP contribution < -0.4 is 5.32 Å². The molecule has 0 unspecified atom stereocenters. The number of carbonyl (C=O) groups excluding carboxylic acids is 1. The lowest BCUT2D eigenvalue weighted by Crippen LogP contribution is -2.18. The molecule has 0 bridgehead atoms. The predicted octanol–water partition coefficient (Wildman–Crippen LogP) is 6.19. The minimum atomic E-state index is -0.807. The Kier molecular flexibility index (Phi) is 5.98. The van der Waals surface area contributed by atoms with Crippen molar-refractivity contribution in [3.05, 3.63) is 82.2 Å². The molecule has 33 heavy (non-hydrogen) atoms. The smallest absolute Gasteiger partial charge is 0.274 e. The molecular weight excluding hydrogens is 464 g/mol. The molecule has 6 nitrogen and oxygen atoms in total. The molecule has 0 fully saturated rings. The average molecular weight is 480 g/mol. The second-order valence-electron chi connectivity index (χ2n) is 7.83. The first-order valence-electron chi connectivity index (χ1n) is 9.78. The third kappa shape index (κ3) is 4.49. The van der Waals surface area contributed by atoms with Gasteiger partial charge >= 0.3 is 0 Å². The number of pyridine rings is 3. The van der Waals surface area contributed by atoms with Crippen LogP contribution in [-0.2, 0) is 5.41 Å². The number of nitriles is 1. The highest BCUT2D eigenvalue weighted by Crippen LogP contribution is 2.35. The van der Waals surface area contributed by atoms with E-state index in [-0.39, 0.29) is 22.0 Å². The largest absolute Gasteiger partial charge is 0.318 e. The summed E-state index contributed by atoms with van der Waals surface area (Å²) in [5, 5.41) is 13.0. The Bertz CT molecular complexity index is 1450. The van der Waals surface area contributed by atoms with Gasteiger partial charge in [-0.2, -0.15) is 5.26 Å². The first-order valence-corrected chi connectivity index (χ1v) is 10.5. The zero-order valence-corrected chi connectivity index (χ0v) is 19.0. The van der Waals surface area contributed by atoms with Crippen LogP contribution in [0.4, 0.5) is 10.1 Å². The summed E-state index contributed by atoms with van der Waals surface area (Å²) < 4.78 is 15.5. The van der Waals surface area contributed by atoms with Crippen LogP contribution in [0.2, 0.25) is 10.2 Å². The van der Waals surface area contributed by atoms with Crippen molar-refractivity contribution in [3.63, 3.8) is 0 Å². The van der Waals surface area contributed by atoms with Crippen LogP contribution in [0, 0.1) is 17.1 Å². The van der Waals surface area contributed by atoms with Crippen molar-refractivity contribution in [2.24, 2.45) is 0 Å². The van der Waals surface area contributed by atoms with Gasteiger partial charge in [0.15, 0.2) is 5.82 Å². The normalized spacial score (nSPS) is 11.3. The fourth-order valence-corrected chi connectivity index (χ4v) is 3.65. The Hall–Kier alpha value is -3.60. The first kappa shape index (κ1) is 22.6. The third-order valence-electron chi connectivity index (χ3n) is 5.15. The van der Waals surface area contributed by atoms with E-state index in [1.807, 2.05) is 0 Å². The lowest BCUT2D eigenvalue weighted by Gasteiger charge is -2.16. The van der Waals surface area contributed by atoms with Crippen molar-refractivity contribution in [3.8, 4) is 17.2 Å². The summed E-state index contributed by atoms with van der Waals surface area (Å²) in [5.74, 6) is -1.33. The van der Waals surface area contributed by atoms with Crippen molar-refractivity contribution in [2.75, 3.05) is 5.32 Å². The zero-order chi connectivity index (χ0) is 23.8. The molecule has 1 N–H and O–H groups in total. The van der Waals surface area contributed by atoms with Crippen LogP contribution in [0.3, 0.4) is 0 Å². The molecule has 3 aromatic heterocycles. The van der Waals surface area contributed by atoms with Crippen molar-refractivity contribution < 1.29 is 9.18 Å². The summed E-state index contributed by atoms with van der Waals surface area (Å²) in [6.07, 6.45) is 4.45.